The standard InChI is InChI=1S/C6H12N2.C2H6/c1-8-4-5-2-6(8)3-7-5;1-2/h5-7H,2-4H2,1H3;1-2H3/t5?,6-;/m1./s1. The average molecular weight is 142 g/mol. The van der Waals surface area contributed by atoms with Gasteiger partial charge < -0.3 is 10.2 Å². The van der Waals surface area contributed by atoms with Gasteiger partial charge in [0.25, 0.3) is 0 Å². The third-order valence-electron chi connectivity index (χ3n) is 2.33. The van der Waals surface area contributed by atoms with E-state index in [4.69, 9.17) is 0 Å². The fourth-order valence-electron chi connectivity index (χ4n) is 1.77. The van der Waals surface area contributed by atoms with Gasteiger partial charge in [-0.3, -0.25) is 0 Å². The molecule has 0 saturated carbocycles. The molecule has 2 fully saturated rings. The van der Waals surface area contributed by atoms with Crippen molar-refractivity contribution in [3.63, 3.8) is 0 Å². The van der Waals surface area contributed by atoms with E-state index < -0.39 is 0 Å². The molecule has 2 atom stereocenters. The molecule has 2 aliphatic heterocycles. The molecule has 2 saturated heterocycles. The lowest BCUT2D eigenvalue weighted by Crippen LogP contribution is -2.41. The molecule has 0 radical (unpaired) electrons. The van der Waals surface area contributed by atoms with E-state index in [1.807, 2.05) is 13.8 Å². The SMILES string of the molecule is CC.CN1CC2C[C@@H]1CN2. The van der Waals surface area contributed by atoms with Crippen LogP contribution in [0.2, 0.25) is 0 Å². The predicted molar refractivity (Wildman–Crippen MR) is 44.2 cm³/mol. The second kappa shape index (κ2) is 3.35. The molecule has 0 aromatic rings. The first-order valence-electron chi connectivity index (χ1n) is 4.30. The van der Waals surface area contributed by atoms with E-state index >= 15 is 0 Å². The third kappa shape index (κ3) is 1.32. The molecule has 0 amide bonds. The lowest BCUT2D eigenvalue weighted by Gasteiger charge is -2.21. The predicted octanol–water partition coefficient (Wildman–Crippen LogP) is 0.688. The second-order valence-electron chi connectivity index (χ2n) is 2.93. The number of piperazine rings is 1. The van der Waals surface area contributed by atoms with Crippen molar-refractivity contribution in [2.24, 2.45) is 0 Å². The van der Waals surface area contributed by atoms with Crippen LogP contribution in [0.1, 0.15) is 20.3 Å². The maximum Gasteiger partial charge on any atom is 0.0233 e. The van der Waals surface area contributed by atoms with E-state index in [0.717, 1.165) is 12.1 Å². The minimum absolute atomic E-state index is 0.824. The summed E-state index contributed by atoms with van der Waals surface area (Å²) in [6.07, 6.45) is 1.39. The van der Waals surface area contributed by atoms with Crippen molar-refractivity contribution in [3.8, 4) is 0 Å². The summed E-state index contributed by atoms with van der Waals surface area (Å²) in [5.41, 5.74) is 0. The number of nitrogens with zero attached hydrogens (tertiary/aromatic N) is 1. The third-order valence-corrected chi connectivity index (χ3v) is 2.33. The Morgan fingerprint density at radius 3 is 2.30 bits per heavy atom. The highest BCUT2D eigenvalue weighted by Gasteiger charge is 2.34. The molecule has 2 heteroatoms. The highest BCUT2D eigenvalue weighted by molar-refractivity contribution is 4.95. The first kappa shape index (κ1) is 8.02. The zero-order valence-electron chi connectivity index (χ0n) is 7.22. The summed E-state index contributed by atoms with van der Waals surface area (Å²) < 4.78 is 0. The highest BCUT2D eigenvalue weighted by atomic mass is 15.3. The molecule has 1 N–H and O–H groups in total. The van der Waals surface area contributed by atoms with Gasteiger partial charge in [-0.05, 0) is 13.5 Å². The number of nitrogens with one attached hydrogen (secondary N) is 1. The van der Waals surface area contributed by atoms with Gasteiger partial charge in [-0.2, -0.15) is 0 Å². The zero-order chi connectivity index (χ0) is 7.56. The van der Waals surface area contributed by atoms with Gasteiger partial charge in [-0.1, -0.05) is 13.8 Å². The Bertz CT molecular complexity index is 101. The molecule has 0 aromatic heterocycles. The molecule has 0 aliphatic carbocycles. The summed E-state index contributed by atoms with van der Waals surface area (Å²) in [6.45, 7) is 6.49. The number of likely N-dealkylation sites (tertiary alicyclic amines) is 1. The van der Waals surface area contributed by atoms with Crippen LogP contribution >= 0.6 is 0 Å². The minimum Gasteiger partial charge on any atom is -0.311 e. The molecule has 10 heavy (non-hydrogen) atoms. The fourth-order valence-corrected chi connectivity index (χ4v) is 1.77. The van der Waals surface area contributed by atoms with Crippen LogP contribution in [0.3, 0.4) is 0 Å². The summed E-state index contributed by atoms with van der Waals surface area (Å²) in [5, 5.41) is 3.44. The van der Waals surface area contributed by atoms with E-state index in [1.165, 1.54) is 19.5 Å². The first-order valence-corrected chi connectivity index (χ1v) is 4.30. The van der Waals surface area contributed by atoms with Crippen molar-refractivity contribution in [2.45, 2.75) is 32.4 Å². The molecule has 2 rings (SSSR count). The second-order valence-corrected chi connectivity index (χ2v) is 2.93. The van der Waals surface area contributed by atoms with Crippen molar-refractivity contribution in [1.29, 1.82) is 0 Å². The van der Waals surface area contributed by atoms with Crippen LogP contribution in [0.5, 0.6) is 0 Å². The van der Waals surface area contributed by atoms with Crippen molar-refractivity contribution >= 4 is 0 Å². The molecule has 2 aliphatic rings. The molecule has 60 valence electrons. The van der Waals surface area contributed by atoms with Gasteiger partial charge in [-0.15, -0.1) is 0 Å². The summed E-state index contributed by atoms with van der Waals surface area (Å²) in [6, 6.07) is 1.69. The van der Waals surface area contributed by atoms with Crippen molar-refractivity contribution in [2.75, 3.05) is 20.1 Å². The number of rotatable bonds is 0. The van der Waals surface area contributed by atoms with Gasteiger partial charge >= 0.3 is 0 Å². The Kier molecular flexibility index (Phi) is 2.69. The van der Waals surface area contributed by atoms with Crippen LogP contribution < -0.4 is 5.32 Å². The number of hydrogen-bond donors (Lipinski definition) is 1. The summed E-state index contributed by atoms with van der Waals surface area (Å²) in [5.74, 6) is 0. The molecule has 2 bridgehead atoms. The van der Waals surface area contributed by atoms with Crippen LogP contribution in [0.25, 0.3) is 0 Å². The smallest absolute Gasteiger partial charge is 0.0233 e. The lowest BCUT2D eigenvalue weighted by atomic mass is 10.2. The lowest BCUT2D eigenvalue weighted by molar-refractivity contribution is 0.276. The Morgan fingerprint density at radius 2 is 2.10 bits per heavy atom. The van der Waals surface area contributed by atoms with E-state index in [1.54, 1.807) is 0 Å². The van der Waals surface area contributed by atoms with Gasteiger partial charge in [0.2, 0.25) is 0 Å². The largest absolute Gasteiger partial charge is 0.311 e. The Labute approximate surface area is 63.6 Å². The molecule has 1 unspecified atom stereocenters. The monoisotopic (exact) mass is 142 g/mol. The normalized spacial score (nSPS) is 37.5. The number of hydrogen-bond acceptors (Lipinski definition) is 2. The zero-order valence-corrected chi connectivity index (χ0v) is 7.22. The van der Waals surface area contributed by atoms with E-state index in [9.17, 15) is 0 Å². The van der Waals surface area contributed by atoms with E-state index in [-0.39, 0.29) is 0 Å². The molecule has 2 heterocycles. The summed E-state index contributed by atoms with van der Waals surface area (Å²) in [4.78, 5) is 2.45. The van der Waals surface area contributed by atoms with Crippen molar-refractivity contribution in [3.05, 3.63) is 0 Å². The molecule has 0 spiro atoms. The van der Waals surface area contributed by atoms with Gasteiger partial charge in [0, 0.05) is 25.2 Å². The maximum atomic E-state index is 3.44. The average Bonchev–Trinajstić information content (AvgIpc) is 2.52. The Morgan fingerprint density at radius 1 is 1.40 bits per heavy atom. The van der Waals surface area contributed by atoms with Crippen LogP contribution in [-0.2, 0) is 0 Å². The maximum absolute atomic E-state index is 3.44. The van der Waals surface area contributed by atoms with Crippen LogP contribution in [0, 0.1) is 0 Å². The number of likely N-dealkylation sites (N-methyl/N-ethyl adjacent to an activating group) is 1. The van der Waals surface area contributed by atoms with E-state index in [2.05, 4.69) is 17.3 Å². The van der Waals surface area contributed by atoms with Gasteiger partial charge in [-0.25, -0.2) is 0 Å². The van der Waals surface area contributed by atoms with Gasteiger partial charge in [0.1, 0.15) is 0 Å². The van der Waals surface area contributed by atoms with Crippen LogP contribution in [0.4, 0.5) is 0 Å². The quantitative estimate of drug-likeness (QED) is 0.535. The van der Waals surface area contributed by atoms with Gasteiger partial charge in [0.05, 0.1) is 0 Å². The first-order chi connectivity index (χ1) is 4.86. The van der Waals surface area contributed by atoms with Crippen LogP contribution in [0.15, 0.2) is 0 Å². The van der Waals surface area contributed by atoms with Crippen molar-refractivity contribution < 1.29 is 0 Å². The van der Waals surface area contributed by atoms with Gasteiger partial charge in [0.15, 0.2) is 0 Å². The Hall–Kier alpha value is -0.0800. The van der Waals surface area contributed by atoms with Crippen LogP contribution in [-0.4, -0.2) is 37.1 Å². The van der Waals surface area contributed by atoms with Crippen molar-refractivity contribution in [1.82, 2.24) is 10.2 Å². The summed E-state index contributed by atoms with van der Waals surface area (Å²) in [7, 11) is 2.21. The van der Waals surface area contributed by atoms with E-state index in [0.29, 0.717) is 0 Å². The molecular formula is C8H18N2. The topological polar surface area (TPSA) is 15.3 Å². The highest BCUT2D eigenvalue weighted by Crippen LogP contribution is 2.20. The summed E-state index contributed by atoms with van der Waals surface area (Å²) >= 11 is 0. The molecule has 0 aromatic carbocycles. The molecular weight excluding hydrogens is 124 g/mol. The fraction of sp³-hybridized carbons (Fsp3) is 1.00. The Balaban J connectivity index is 0.000000231. The minimum atomic E-state index is 0.824. The molecule has 2 nitrogen and oxygen atoms in total. The number of fused-ring (bicyclic) bond motifs is 2.